The van der Waals surface area contributed by atoms with Crippen LogP contribution in [-0.2, 0) is 16.8 Å². The largest absolute Gasteiger partial charge is 0.481 e. The van der Waals surface area contributed by atoms with E-state index in [0.717, 1.165) is 24.0 Å². The maximum atomic E-state index is 10.4. The molecule has 1 saturated carbocycles. The van der Waals surface area contributed by atoms with Crippen molar-refractivity contribution in [2.45, 2.75) is 31.3 Å². The fraction of sp³-hybridized carbons (Fsp3) is 0.417. The number of carbonyl (C=O) groups is 1. The van der Waals surface area contributed by atoms with Crippen LogP contribution in [0.3, 0.4) is 0 Å². The van der Waals surface area contributed by atoms with E-state index in [1.54, 1.807) is 0 Å². The first kappa shape index (κ1) is 10.2. The normalized spacial score (nSPS) is 17.4. The van der Waals surface area contributed by atoms with Crippen molar-refractivity contribution in [1.82, 2.24) is 0 Å². The molecule has 80 valence electrons. The van der Waals surface area contributed by atoms with Crippen molar-refractivity contribution in [3.8, 4) is 0 Å². The third-order valence-corrected chi connectivity index (χ3v) is 2.84. The molecular weight excluding hydrogens is 192 g/mol. The quantitative estimate of drug-likeness (QED) is 0.788. The van der Waals surface area contributed by atoms with E-state index in [9.17, 15) is 9.90 Å². The average molecular weight is 206 g/mol. The molecule has 0 saturated heterocycles. The van der Waals surface area contributed by atoms with Crippen LogP contribution in [0.15, 0.2) is 24.3 Å². The van der Waals surface area contributed by atoms with Gasteiger partial charge in [0.15, 0.2) is 0 Å². The lowest BCUT2D eigenvalue weighted by molar-refractivity contribution is -0.136. The molecule has 0 bridgehead atoms. The van der Waals surface area contributed by atoms with Gasteiger partial charge in [-0.2, -0.15) is 0 Å². The molecule has 3 nitrogen and oxygen atoms in total. The van der Waals surface area contributed by atoms with Crippen LogP contribution >= 0.6 is 0 Å². The summed E-state index contributed by atoms with van der Waals surface area (Å²) < 4.78 is 0. The molecule has 0 amide bonds. The highest BCUT2D eigenvalue weighted by Crippen LogP contribution is 2.45. The topological polar surface area (TPSA) is 57.5 Å². The van der Waals surface area contributed by atoms with Crippen LogP contribution in [0, 0.1) is 0 Å². The maximum absolute atomic E-state index is 10.4. The van der Waals surface area contributed by atoms with Gasteiger partial charge in [-0.3, -0.25) is 4.79 Å². The van der Waals surface area contributed by atoms with Gasteiger partial charge < -0.3 is 10.2 Å². The second-order valence-electron chi connectivity index (χ2n) is 4.12. The van der Waals surface area contributed by atoms with Crippen LogP contribution in [0.5, 0.6) is 0 Å². The lowest BCUT2D eigenvalue weighted by Gasteiger charge is -2.08. The number of benzene rings is 1. The molecule has 1 aliphatic carbocycles. The molecule has 1 fully saturated rings. The molecule has 3 heteroatoms. The van der Waals surface area contributed by atoms with E-state index >= 15 is 0 Å². The Morgan fingerprint density at radius 3 is 2.33 bits per heavy atom. The van der Waals surface area contributed by atoms with Gasteiger partial charge in [0.05, 0.1) is 5.60 Å². The molecular formula is C12H14O3. The van der Waals surface area contributed by atoms with Crippen molar-refractivity contribution in [3.63, 3.8) is 0 Å². The molecule has 1 aromatic rings. The van der Waals surface area contributed by atoms with Crippen molar-refractivity contribution in [3.05, 3.63) is 35.4 Å². The molecule has 0 heterocycles. The Morgan fingerprint density at radius 2 is 1.87 bits per heavy atom. The van der Waals surface area contributed by atoms with Gasteiger partial charge in [-0.1, -0.05) is 24.3 Å². The lowest BCUT2D eigenvalue weighted by atomic mass is 10.0. The highest BCUT2D eigenvalue weighted by Gasteiger charge is 2.41. The van der Waals surface area contributed by atoms with Crippen LogP contribution in [0.25, 0.3) is 0 Å². The molecule has 0 radical (unpaired) electrons. The van der Waals surface area contributed by atoms with Gasteiger partial charge in [-0.15, -0.1) is 0 Å². The van der Waals surface area contributed by atoms with Crippen LogP contribution < -0.4 is 0 Å². The first-order valence-corrected chi connectivity index (χ1v) is 5.14. The zero-order valence-electron chi connectivity index (χ0n) is 8.44. The molecule has 2 N–H and O–H groups in total. The van der Waals surface area contributed by atoms with E-state index in [-0.39, 0.29) is 6.42 Å². The average Bonchev–Trinajstić information content (AvgIpc) is 2.96. The SMILES string of the molecule is O=C(O)CCc1ccc(C2(O)CC2)cc1. The van der Waals surface area contributed by atoms with Crippen LogP contribution in [0.2, 0.25) is 0 Å². The van der Waals surface area contributed by atoms with Gasteiger partial charge in [0.2, 0.25) is 0 Å². The predicted molar refractivity (Wildman–Crippen MR) is 55.5 cm³/mol. The van der Waals surface area contributed by atoms with Crippen molar-refractivity contribution >= 4 is 5.97 Å². The van der Waals surface area contributed by atoms with E-state index in [4.69, 9.17) is 5.11 Å². The van der Waals surface area contributed by atoms with Crippen molar-refractivity contribution in [2.75, 3.05) is 0 Å². The van der Waals surface area contributed by atoms with Gasteiger partial charge in [0, 0.05) is 6.42 Å². The fourth-order valence-corrected chi connectivity index (χ4v) is 1.64. The summed E-state index contributed by atoms with van der Waals surface area (Å²) in [4.78, 5) is 10.4. The number of carboxylic acid groups (broad SMARTS) is 1. The van der Waals surface area contributed by atoms with Crippen LogP contribution in [0.1, 0.15) is 30.4 Å². The summed E-state index contributed by atoms with van der Waals surface area (Å²) in [6.07, 6.45) is 2.38. The van der Waals surface area contributed by atoms with Crippen LogP contribution in [-0.4, -0.2) is 16.2 Å². The highest BCUT2D eigenvalue weighted by atomic mass is 16.4. The second kappa shape index (κ2) is 3.66. The molecule has 2 rings (SSSR count). The number of hydrogen-bond acceptors (Lipinski definition) is 2. The summed E-state index contributed by atoms with van der Waals surface area (Å²) in [6, 6.07) is 7.58. The number of rotatable bonds is 4. The molecule has 0 spiro atoms. The summed E-state index contributed by atoms with van der Waals surface area (Å²) >= 11 is 0. The molecule has 0 aromatic heterocycles. The molecule has 0 atom stereocenters. The highest BCUT2D eigenvalue weighted by molar-refractivity contribution is 5.67. The van der Waals surface area contributed by atoms with Gasteiger partial charge in [-0.25, -0.2) is 0 Å². The third kappa shape index (κ3) is 2.36. The van der Waals surface area contributed by atoms with E-state index in [0.29, 0.717) is 6.42 Å². The first-order chi connectivity index (χ1) is 7.10. The number of carboxylic acids is 1. The lowest BCUT2D eigenvalue weighted by Crippen LogP contribution is -2.04. The minimum absolute atomic E-state index is 0.156. The summed E-state index contributed by atoms with van der Waals surface area (Å²) in [5.41, 5.74) is 1.36. The minimum atomic E-state index is -0.778. The summed E-state index contributed by atoms with van der Waals surface area (Å²) in [5.74, 6) is -0.778. The molecule has 15 heavy (non-hydrogen) atoms. The van der Waals surface area contributed by atoms with E-state index in [1.807, 2.05) is 24.3 Å². The number of hydrogen-bond donors (Lipinski definition) is 2. The Balaban J connectivity index is 2.01. The Hall–Kier alpha value is -1.35. The minimum Gasteiger partial charge on any atom is -0.481 e. The molecule has 1 aliphatic rings. The van der Waals surface area contributed by atoms with Crippen LogP contribution in [0.4, 0.5) is 0 Å². The smallest absolute Gasteiger partial charge is 0.303 e. The first-order valence-electron chi connectivity index (χ1n) is 5.14. The van der Waals surface area contributed by atoms with Crippen molar-refractivity contribution < 1.29 is 15.0 Å². The summed E-state index contributed by atoms with van der Waals surface area (Å²) in [5, 5.41) is 18.3. The number of aliphatic carboxylic acids is 1. The second-order valence-corrected chi connectivity index (χ2v) is 4.12. The van der Waals surface area contributed by atoms with Gasteiger partial charge in [-0.05, 0) is 30.4 Å². The molecule has 0 aliphatic heterocycles. The summed E-state index contributed by atoms with van der Waals surface area (Å²) in [7, 11) is 0. The van der Waals surface area contributed by atoms with Gasteiger partial charge in [0.1, 0.15) is 0 Å². The third-order valence-electron chi connectivity index (χ3n) is 2.84. The van der Waals surface area contributed by atoms with E-state index < -0.39 is 11.6 Å². The zero-order valence-corrected chi connectivity index (χ0v) is 8.44. The predicted octanol–water partition coefficient (Wildman–Crippen LogP) is 1.69. The Labute approximate surface area is 88.4 Å². The van der Waals surface area contributed by atoms with Gasteiger partial charge >= 0.3 is 5.97 Å². The standard InChI is InChI=1S/C12H14O3/c13-11(14)6-3-9-1-4-10(5-2-9)12(15)7-8-12/h1-2,4-5,15H,3,6-8H2,(H,13,14). The monoisotopic (exact) mass is 206 g/mol. The van der Waals surface area contributed by atoms with Crippen molar-refractivity contribution in [2.24, 2.45) is 0 Å². The zero-order chi connectivity index (χ0) is 10.9. The number of aliphatic hydroxyl groups is 1. The molecule has 0 unspecified atom stereocenters. The Bertz CT molecular complexity index is 363. The fourth-order valence-electron chi connectivity index (χ4n) is 1.64. The Kier molecular flexibility index (Phi) is 2.49. The van der Waals surface area contributed by atoms with Crippen molar-refractivity contribution in [1.29, 1.82) is 0 Å². The van der Waals surface area contributed by atoms with E-state index in [2.05, 4.69) is 0 Å². The van der Waals surface area contributed by atoms with E-state index in [1.165, 1.54) is 0 Å². The Morgan fingerprint density at radius 1 is 1.27 bits per heavy atom. The maximum Gasteiger partial charge on any atom is 0.303 e. The van der Waals surface area contributed by atoms with Gasteiger partial charge in [0.25, 0.3) is 0 Å². The molecule has 1 aromatic carbocycles. The number of aryl methyl sites for hydroxylation is 1. The summed E-state index contributed by atoms with van der Waals surface area (Å²) in [6.45, 7) is 0.